The summed E-state index contributed by atoms with van der Waals surface area (Å²) in [5.41, 5.74) is 1.61. The maximum absolute atomic E-state index is 11.7. The van der Waals surface area contributed by atoms with Gasteiger partial charge in [0, 0.05) is 31.3 Å². The number of carbonyl (C=O) groups is 2. The van der Waals surface area contributed by atoms with E-state index in [0.29, 0.717) is 31.7 Å². The number of ether oxygens (including phenoxy) is 1. The van der Waals surface area contributed by atoms with Crippen molar-refractivity contribution >= 4 is 17.7 Å². The Morgan fingerprint density at radius 3 is 2.70 bits per heavy atom. The van der Waals surface area contributed by atoms with Crippen LogP contribution < -0.4 is 10.6 Å². The van der Waals surface area contributed by atoms with Crippen LogP contribution >= 0.6 is 0 Å². The Hall–Kier alpha value is -2.08. The van der Waals surface area contributed by atoms with Gasteiger partial charge < -0.3 is 20.5 Å². The minimum Gasteiger partial charge on any atom is -0.481 e. The second kappa shape index (κ2) is 8.92. The molecule has 0 saturated heterocycles. The van der Waals surface area contributed by atoms with Crippen LogP contribution in [0.3, 0.4) is 0 Å². The van der Waals surface area contributed by atoms with Crippen LogP contribution in [0.15, 0.2) is 24.3 Å². The van der Waals surface area contributed by atoms with Crippen LogP contribution in [0.2, 0.25) is 0 Å². The molecule has 1 rings (SSSR count). The van der Waals surface area contributed by atoms with E-state index in [1.165, 1.54) is 0 Å². The second-order valence-electron chi connectivity index (χ2n) is 4.32. The van der Waals surface area contributed by atoms with E-state index in [1.54, 1.807) is 13.2 Å². The molecule has 0 aromatic heterocycles. The Labute approximate surface area is 118 Å². The van der Waals surface area contributed by atoms with Gasteiger partial charge in [-0.05, 0) is 18.9 Å². The molecule has 6 nitrogen and oxygen atoms in total. The number of nitrogens with one attached hydrogen (secondary N) is 2. The highest BCUT2D eigenvalue weighted by molar-refractivity contribution is 5.90. The van der Waals surface area contributed by atoms with E-state index in [4.69, 9.17) is 9.84 Å². The van der Waals surface area contributed by atoms with Crippen molar-refractivity contribution in [1.29, 1.82) is 0 Å². The van der Waals surface area contributed by atoms with Crippen molar-refractivity contribution in [3.05, 3.63) is 29.8 Å². The lowest BCUT2D eigenvalue weighted by Gasteiger charge is -2.11. The van der Waals surface area contributed by atoms with Crippen molar-refractivity contribution in [2.24, 2.45) is 0 Å². The van der Waals surface area contributed by atoms with Gasteiger partial charge in [-0.3, -0.25) is 4.79 Å². The lowest BCUT2D eigenvalue weighted by atomic mass is 10.2. The minimum absolute atomic E-state index is 0.125. The molecule has 0 unspecified atom stereocenters. The molecule has 0 saturated carbocycles. The quantitative estimate of drug-likeness (QED) is 0.637. The first-order valence-electron chi connectivity index (χ1n) is 6.47. The molecule has 2 amide bonds. The molecule has 0 fully saturated rings. The monoisotopic (exact) mass is 280 g/mol. The summed E-state index contributed by atoms with van der Waals surface area (Å²) < 4.78 is 5.06. The highest BCUT2D eigenvalue weighted by Crippen LogP contribution is 2.15. The number of hydrogen-bond donors (Lipinski definition) is 3. The van der Waals surface area contributed by atoms with E-state index in [0.717, 1.165) is 5.56 Å². The Kier molecular flexibility index (Phi) is 7.13. The molecule has 0 bridgehead atoms. The predicted molar refractivity (Wildman–Crippen MR) is 75.7 cm³/mol. The fourth-order valence-electron chi connectivity index (χ4n) is 1.69. The van der Waals surface area contributed by atoms with Gasteiger partial charge in [0.05, 0.1) is 6.61 Å². The van der Waals surface area contributed by atoms with Crippen LogP contribution in [-0.4, -0.2) is 30.8 Å². The van der Waals surface area contributed by atoms with Crippen molar-refractivity contribution in [1.82, 2.24) is 5.32 Å². The van der Waals surface area contributed by atoms with Gasteiger partial charge in [-0.25, -0.2) is 4.79 Å². The molecular weight excluding hydrogens is 260 g/mol. The molecule has 0 aliphatic carbocycles. The third-order valence-electron chi connectivity index (χ3n) is 2.67. The van der Waals surface area contributed by atoms with Gasteiger partial charge in [-0.1, -0.05) is 18.2 Å². The van der Waals surface area contributed by atoms with Crippen molar-refractivity contribution in [2.75, 3.05) is 19.0 Å². The second-order valence-corrected chi connectivity index (χ2v) is 4.32. The average Bonchev–Trinajstić information content (AvgIpc) is 2.40. The van der Waals surface area contributed by atoms with Crippen LogP contribution in [0.4, 0.5) is 10.5 Å². The van der Waals surface area contributed by atoms with E-state index in [1.807, 2.05) is 18.2 Å². The van der Waals surface area contributed by atoms with Crippen LogP contribution in [0, 0.1) is 0 Å². The zero-order valence-corrected chi connectivity index (χ0v) is 11.5. The first kappa shape index (κ1) is 16.0. The summed E-state index contributed by atoms with van der Waals surface area (Å²) in [4.78, 5) is 22.0. The number of methoxy groups -OCH3 is 1. The molecule has 0 heterocycles. The van der Waals surface area contributed by atoms with Crippen LogP contribution in [-0.2, 0) is 16.1 Å². The smallest absolute Gasteiger partial charge is 0.319 e. The van der Waals surface area contributed by atoms with E-state index in [-0.39, 0.29) is 12.5 Å². The van der Waals surface area contributed by atoms with Gasteiger partial charge in [0.1, 0.15) is 0 Å². The van der Waals surface area contributed by atoms with Crippen LogP contribution in [0.25, 0.3) is 0 Å². The summed E-state index contributed by atoms with van der Waals surface area (Å²) >= 11 is 0. The molecular formula is C14H20N2O4. The minimum atomic E-state index is -0.817. The Balaban J connectivity index is 2.33. The van der Waals surface area contributed by atoms with Crippen LogP contribution in [0.5, 0.6) is 0 Å². The maximum atomic E-state index is 11.7. The number of carboxylic acids is 1. The number of urea groups is 1. The summed E-state index contributed by atoms with van der Waals surface area (Å²) in [5.74, 6) is -0.817. The van der Waals surface area contributed by atoms with E-state index in [2.05, 4.69) is 10.6 Å². The zero-order valence-electron chi connectivity index (χ0n) is 11.5. The van der Waals surface area contributed by atoms with Crippen molar-refractivity contribution in [2.45, 2.75) is 25.9 Å². The highest BCUT2D eigenvalue weighted by Gasteiger charge is 2.05. The number of anilines is 1. The van der Waals surface area contributed by atoms with E-state index in [9.17, 15) is 9.59 Å². The van der Waals surface area contributed by atoms with Crippen molar-refractivity contribution in [3.63, 3.8) is 0 Å². The molecule has 20 heavy (non-hydrogen) atoms. The molecule has 0 aliphatic rings. The average molecular weight is 280 g/mol. The molecule has 3 N–H and O–H groups in total. The predicted octanol–water partition coefficient (Wildman–Crippen LogP) is 2.21. The number of unbranched alkanes of at least 4 members (excludes halogenated alkanes) is 1. The number of para-hydroxylation sites is 1. The Morgan fingerprint density at radius 1 is 1.25 bits per heavy atom. The Morgan fingerprint density at radius 2 is 2.00 bits per heavy atom. The van der Waals surface area contributed by atoms with Gasteiger partial charge >= 0.3 is 12.0 Å². The number of carbonyl (C=O) groups excluding carboxylic acids is 1. The summed E-state index contributed by atoms with van der Waals surface area (Å²) in [7, 11) is 1.60. The van der Waals surface area contributed by atoms with Gasteiger partial charge in [0.25, 0.3) is 0 Å². The highest BCUT2D eigenvalue weighted by atomic mass is 16.5. The van der Waals surface area contributed by atoms with Gasteiger partial charge in [-0.2, -0.15) is 0 Å². The SMILES string of the molecule is COCc1ccccc1NC(=O)NCCCCC(=O)O. The molecule has 0 atom stereocenters. The summed E-state index contributed by atoms with van der Waals surface area (Å²) in [6.07, 6.45) is 1.31. The summed E-state index contributed by atoms with van der Waals surface area (Å²) in [5, 5.41) is 13.9. The number of benzene rings is 1. The number of amides is 2. The fraction of sp³-hybridized carbons (Fsp3) is 0.429. The first-order valence-corrected chi connectivity index (χ1v) is 6.47. The van der Waals surface area contributed by atoms with E-state index >= 15 is 0 Å². The van der Waals surface area contributed by atoms with Gasteiger partial charge in [0.15, 0.2) is 0 Å². The first-order chi connectivity index (χ1) is 9.63. The molecule has 110 valence electrons. The maximum Gasteiger partial charge on any atom is 0.319 e. The summed E-state index contributed by atoms with van der Waals surface area (Å²) in [6, 6.07) is 7.10. The van der Waals surface area contributed by atoms with Crippen molar-refractivity contribution < 1.29 is 19.4 Å². The summed E-state index contributed by atoms with van der Waals surface area (Å²) in [6.45, 7) is 0.876. The standard InChI is InChI=1S/C14H20N2O4/c1-20-10-11-6-2-3-7-12(11)16-14(19)15-9-5-4-8-13(17)18/h2-3,6-7H,4-5,8-10H2,1H3,(H,17,18)(H2,15,16,19). The number of carboxylic acid groups (broad SMARTS) is 1. The number of hydrogen-bond acceptors (Lipinski definition) is 3. The third-order valence-corrected chi connectivity index (χ3v) is 2.67. The molecule has 1 aromatic carbocycles. The van der Waals surface area contributed by atoms with Gasteiger partial charge in [-0.15, -0.1) is 0 Å². The number of rotatable bonds is 8. The zero-order chi connectivity index (χ0) is 14.8. The topological polar surface area (TPSA) is 87.7 Å². The third kappa shape index (κ3) is 6.19. The van der Waals surface area contributed by atoms with Crippen molar-refractivity contribution in [3.8, 4) is 0 Å². The fourth-order valence-corrected chi connectivity index (χ4v) is 1.69. The number of aliphatic carboxylic acids is 1. The molecule has 1 aromatic rings. The molecule has 0 radical (unpaired) electrons. The molecule has 6 heteroatoms. The van der Waals surface area contributed by atoms with Gasteiger partial charge in [0.2, 0.25) is 0 Å². The normalized spacial score (nSPS) is 10.1. The molecule has 0 aliphatic heterocycles. The lowest BCUT2D eigenvalue weighted by molar-refractivity contribution is -0.137. The van der Waals surface area contributed by atoms with Crippen LogP contribution in [0.1, 0.15) is 24.8 Å². The largest absolute Gasteiger partial charge is 0.481 e. The molecule has 0 spiro atoms. The lowest BCUT2D eigenvalue weighted by Crippen LogP contribution is -2.30. The Bertz CT molecular complexity index is 449. The van der Waals surface area contributed by atoms with E-state index < -0.39 is 5.97 Å².